The Morgan fingerprint density at radius 1 is 1.17 bits per heavy atom. The van der Waals surface area contributed by atoms with Crippen LogP contribution in [0, 0.1) is 0 Å². The van der Waals surface area contributed by atoms with Crippen LogP contribution in [-0.2, 0) is 24.1 Å². The summed E-state index contributed by atoms with van der Waals surface area (Å²) in [5.74, 6) is -0.526. The van der Waals surface area contributed by atoms with Gasteiger partial charge in [0.05, 0.1) is 16.6 Å². The molecule has 2 aromatic heterocycles. The largest absolute Gasteiger partial charge is 0.435 e. The van der Waals surface area contributed by atoms with E-state index in [0.29, 0.717) is 22.3 Å². The van der Waals surface area contributed by atoms with Crippen molar-refractivity contribution in [3.05, 3.63) is 57.6 Å². The lowest BCUT2D eigenvalue weighted by Crippen LogP contribution is -2.22. The summed E-state index contributed by atoms with van der Waals surface area (Å²) in [6.45, 7) is -0.0110. The molecule has 12 heteroatoms. The van der Waals surface area contributed by atoms with Gasteiger partial charge in [0.2, 0.25) is 11.9 Å². The molecule has 0 saturated heterocycles. The Morgan fingerprint density at radius 3 is 2.60 bits per heavy atom. The highest BCUT2D eigenvalue weighted by Gasteiger charge is 2.38. The number of benzene rings is 1. The summed E-state index contributed by atoms with van der Waals surface area (Å²) in [5, 5.41) is 11.0. The minimum Gasteiger partial charge on any atom is -0.292 e. The second-order valence-electron chi connectivity index (χ2n) is 6.95. The van der Waals surface area contributed by atoms with Gasteiger partial charge in [-0.05, 0) is 36.6 Å². The highest BCUT2D eigenvalue weighted by molar-refractivity contribution is 6.42. The predicted molar refractivity (Wildman–Crippen MR) is 103 cm³/mol. The van der Waals surface area contributed by atoms with E-state index in [1.165, 1.54) is 11.0 Å². The number of hydrogen-bond donors (Lipinski definition) is 1. The lowest BCUT2D eigenvalue weighted by Gasteiger charge is -2.06. The molecule has 30 heavy (non-hydrogen) atoms. The van der Waals surface area contributed by atoms with Crippen LogP contribution in [0.5, 0.6) is 0 Å². The third-order valence-corrected chi connectivity index (χ3v) is 5.25. The van der Waals surface area contributed by atoms with E-state index in [2.05, 4.69) is 20.5 Å². The van der Waals surface area contributed by atoms with Crippen LogP contribution >= 0.6 is 23.2 Å². The van der Waals surface area contributed by atoms with Crippen molar-refractivity contribution >= 4 is 35.1 Å². The number of carbonyl (C=O) groups is 1. The summed E-state index contributed by atoms with van der Waals surface area (Å²) >= 11 is 11.9. The molecule has 1 fully saturated rings. The van der Waals surface area contributed by atoms with Crippen LogP contribution in [0.4, 0.5) is 19.1 Å². The van der Waals surface area contributed by atoms with E-state index in [1.54, 1.807) is 18.2 Å². The van der Waals surface area contributed by atoms with Gasteiger partial charge in [0.15, 0.2) is 5.69 Å². The Labute approximate surface area is 178 Å². The van der Waals surface area contributed by atoms with E-state index in [1.807, 2.05) is 0 Å². The second kappa shape index (κ2) is 7.92. The summed E-state index contributed by atoms with van der Waals surface area (Å²) in [6.07, 6.45) is -1.57. The molecule has 7 nitrogen and oxygen atoms in total. The van der Waals surface area contributed by atoms with E-state index in [0.717, 1.165) is 29.2 Å². The highest BCUT2D eigenvalue weighted by Crippen LogP contribution is 2.42. The number of carbonyl (C=O) groups excluding carboxylic acids is 1. The minimum atomic E-state index is -4.56. The first-order valence-electron chi connectivity index (χ1n) is 8.97. The van der Waals surface area contributed by atoms with Crippen molar-refractivity contribution in [2.75, 3.05) is 5.32 Å². The highest BCUT2D eigenvalue weighted by atomic mass is 35.5. The Hall–Kier alpha value is -2.59. The normalized spacial score (nSPS) is 14.2. The van der Waals surface area contributed by atoms with Crippen molar-refractivity contribution in [3.63, 3.8) is 0 Å². The molecule has 1 aliphatic rings. The van der Waals surface area contributed by atoms with Gasteiger partial charge in [0.25, 0.3) is 0 Å². The van der Waals surface area contributed by atoms with Gasteiger partial charge in [0, 0.05) is 11.6 Å². The number of hydrogen-bond acceptors (Lipinski definition) is 4. The fourth-order valence-electron chi connectivity index (χ4n) is 2.96. The average molecular weight is 459 g/mol. The molecule has 3 aromatic rings. The van der Waals surface area contributed by atoms with Crippen LogP contribution in [0.1, 0.15) is 35.7 Å². The first kappa shape index (κ1) is 20.7. The monoisotopic (exact) mass is 458 g/mol. The molecule has 1 aliphatic carbocycles. The molecule has 0 radical (unpaired) electrons. The molecule has 4 rings (SSSR count). The number of nitrogens with one attached hydrogen (secondary N) is 1. The number of anilines is 1. The molecule has 1 amide bonds. The Balaban J connectivity index is 1.41. The molecular weight excluding hydrogens is 444 g/mol. The zero-order valence-electron chi connectivity index (χ0n) is 15.3. The van der Waals surface area contributed by atoms with E-state index in [9.17, 15) is 18.0 Å². The standard InChI is InChI=1S/C18H15Cl2F3N6O/c19-12-4-1-10(5-13(12)20)7-28-9-24-17(27-28)25-16(30)8-29-14(11-2-3-11)6-15(26-29)18(21,22)23/h1,4-6,9,11H,2-3,7-8H2,(H,25,27,30). The minimum absolute atomic E-state index is 0.00457. The quantitative estimate of drug-likeness (QED) is 0.594. The molecule has 158 valence electrons. The van der Waals surface area contributed by atoms with Crippen molar-refractivity contribution in [3.8, 4) is 0 Å². The van der Waals surface area contributed by atoms with E-state index in [4.69, 9.17) is 23.2 Å². The summed E-state index contributed by atoms with van der Waals surface area (Å²) in [5.41, 5.74) is 0.245. The molecule has 0 atom stereocenters. The summed E-state index contributed by atoms with van der Waals surface area (Å²) in [4.78, 5) is 16.3. The summed E-state index contributed by atoms with van der Waals surface area (Å²) in [6, 6.07) is 6.15. The first-order chi connectivity index (χ1) is 14.2. The molecule has 2 heterocycles. The summed E-state index contributed by atoms with van der Waals surface area (Å²) < 4.78 is 41.5. The van der Waals surface area contributed by atoms with Gasteiger partial charge in [-0.15, -0.1) is 5.10 Å². The van der Waals surface area contributed by atoms with Gasteiger partial charge in [-0.1, -0.05) is 29.3 Å². The van der Waals surface area contributed by atoms with Crippen LogP contribution in [-0.4, -0.2) is 30.5 Å². The number of rotatable bonds is 6. The SMILES string of the molecule is O=C(Cn1nc(C(F)(F)F)cc1C1CC1)Nc1ncn(Cc2ccc(Cl)c(Cl)c2)n1. The fraction of sp³-hybridized carbons (Fsp3) is 0.333. The van der Waals surface area contributed by atoms with Crippen LogP contribution in [0.2, 0.25) is 10.0 Å². The van der Waals surface area contributed by atoms with Crippen LogP contribution in [0.3, 0.4) is 0 Å². The number of amides is 1. The Kier molecular flexibility index (Phi) is 5.46. The van der Waals surface area contributed by atoms with Gasteiger partial charge in [-0.2, -0.15) is 18.3 Å². The van der Waals surface area contributed by atoms with Crippen molar-refractivity contribution < 1.29 is 18.0 Å². The maximum absolute atomic E-state index is 13.0. The Bertz CT molecular complexity index is 1090. The lowest BCUT2D eigenvalue weighted by molar-refractivity contribution is -0.141. The zero-order valence-corrected chi connectivity index (χ0v) is 16.8. The van der Waals surface area contributed by atoms with E-state index < -0.39 is 17.8 Å². The van der Waals surface area contributed by atoms with Crippen LogP contribution in [0.25, 0.3) is 0 Å². The van der Waals surface area contributed by atoms with Gasteiger partial charge in [0.1, 0.15) is 12.9 Å². The topological polar surface area (TPSA) is 77.6 Å². The van der Waals surface area contributed by atoms with Crippen LogP contribution < -0.4 is 5.32 Å². The van der Waals surface area contributed by atoms with Gasteiger partial charge in [-0.25, -0.2) is 9.67 Å². The van der Waals surface area contributed by atoms with Gasteiger partial charge in [-0.3, -0.25) is 14.8 Å². The third-order valence-electron chi connectivity index (χ3n) is 4.51. The molecule has 1 saturated carbocycles. The van der Waals surface area contributed by atoms with Crippen LogP contribution in [0.15, 0.2) is 30.6 Å². The second-order valence-corrected chi connectivity index (χ2v) is 7.76. The Morgan fingerprint density at radius 2 is 1.93 bits per heavy atom. The number of alkyl halides is 3. The average Bonchev–Trinajstić information content (AvgIpc) is 3.27. The molecular formula is C18H15Cl2F3N6O. The zero-order chi connectivity index (χ0) is 21.5. The molecule has 0 unspecified atom stereocenters. The maximum atomic E-state index is 13.0. The lowest BCUT2D eigenvalue weighted by atomic mass is 10.2. The number of halogens is 5. The van der Waals surface area contributed by atoms with Crippen molar-refractivity contribution in [2.24, 2.45) is 0 Å². The number of nitrogens with zero attached hydrogens (tertiary/aromatic N) is 5. The van der Waals surface area contributed by atoms with Crippen molar-refractivity contribution in [1.82, 2.24) is 24.5 Å². The molecule has 0 spiro atoms. The summed E-state index contributed by atoms with van der Waals surface area (Å²) in [7, 11) is 0. The molecule has 0 aliphatic heterocycles. The molecule has 1 aromatic carbocycles. The maximum Gasteiger partial charge on any atom is 0.435 e. The van der Waals surface area contributed by atoms with E-state index >= 15 is 0 Å². The van der Waals surface area contributed by atoms with Crippen molar-refractivity contribution in [2.45, 2.75) is 38.0 Å². The number of aromatic nitrogens is 5. The van der Waals surface area contributed by atoms with Gasteiger partial charge < -0.3 is 0 Å². The van der Waals surface area contributed by atoms with Crippen molar-refractivity contribution in [1.29, 1.82) is 0 Å². The molecule has 0 bridgehead atoms. The van der Waals surface area contributed by atoms with Gasteiger partial charge >= 0.3 is 6.18 Å². The van der Waals surface area contributed by atoms with E-state index in [-0.39, 0.29) is 18.4 Å². The smallest absolute Gasteiger partial charge is 0.292 e. The predicted octanol–water partition coefficient (Wildman–Crippen LogP) is 4.36. The molecule has 1 N–H and O–H groups in total. The fourth-order valence-corrected chi connectivity index (χ4v) is 3.28. The first-order valence-corrected chi connectivity index (χ1v) is 9.73. The third kappa shape index (κ3) is 4.76.